The van der Waals surface area contributed by atoms with E-state index in [0.29, 0.717) is 12.2 Å². The Bertz CT molecular complexity index is 602. The Morgan fingerprint density at radius 1 is 1.15 bits per heavy atom. The van der Waals surface area contributed by atoms with Crippen molar-refractivity contribution in [2.24, 2.45) is 0 Å². The van der Waals surface area contributed by atoms with Crippen LogP contribution in [-0.2, 0) is 0 Å². The number of benzene rings is 1. The standard InChI is InChI=1S/C14H12BrF3N2/c1-2-19-14(11-6-3-8(15)7-20-11)9-4-5-10(16)13(18)12(9)17/h3-7,14,19H,2H2,1H3. The Kier molecular flexibility index (Phi) is 4.77. The zero-order valence-corrected chi connectivity index (χ0v) is 12.2. The monoisotopic (exact) mass is 344 g/mol. The quantitative estimate of drug-likeness (QED) is 0.849. The molecule has 1 heterocycles. The minimum atomic E-state index is -1.47. The van der Waals surface area contributed by atoms with Crippen LogP contribution < -0.4 is 5.32 Å². The van der Waals surface area contributed by atoms with E-state index in [1.807, 2.05) is 6.92 Å². The highest BCUT2D eigenvalue weighted by molar-refractivity contribution is 9.10. The van der Waals surface area contributed by atoms with Gasteiger partial charge in [0.15, 0.2) is 17.5 Å². The highest BCUT2D eigenvalue weighted by atomic mass is 79.9. The van der Waals surface area contributed by atoms with Crippen molar-refractivity contribution < 1.29 is 13.2 Å². The molecule has 2 rings (SSSR count). The fraction of sp³-hybridized carbons (Fsp3) is 0.214. The second-order valence-corrected chi connectivity index (χ2v) is 5.07. The molecule has 0 saturated carbocycles. The minimum Gasteiger partial charge on any atom is -0.305 e. The molecule has 0 aliphatic rings. The average molecular weight is 345 g/mol. The maximum Gasteiger partial charge on any atom is 0.194 e. The fourth-order valence-electron chi connectivity index (χ4n) is 1.90. The number of pyridine rings is 1. The fourth-order valence-corrected chi connectivity index (χ4v) is 2.13. The number of halogens is 4. The smallest absolute Gasteiger partial charge is 0.194 e. The van der Waals surface area contributed by atoms with Gasteiger partial charge in [-0.05, 0) is 40.7 Å². The molecule has 1 unspecified atom stereocenters. The van der Waals surface area contributed by atoms with Gasteiger partial charge < -0.3 is 5.32 Å². The van der Waals surface area contributed by atoms with E-state index in [-0.39, 0.29) is 5.56 Å². The second-order valence-electron chi connectivity index (χ2n) is 4.16. The molecule has 0 aliphatic heterocycles. The first-order valence-electron chi connectivity index (χ1n) is 6.02. The molecule has 0 radical (unpaired) electrons. The van der Waals surface area contributed by atoms with Gasteiger partial charge in [-0.3, -0.25) is 4.98 Å². The van der Waals surface area contributed by atoms with E-state index in [2.05, 4.69) is 26.2 Å². The summed E-state index contributed by atoms with van der Waals surface area (Å²) in [4.78, 5) is 4.17. The summed E-state index contributed by atoms with van der Waals surface area (Å²) in [5.74, 6) is -3.87. The van der Waals surface area contributed by atoms with E-state index in [1.165, 1.54) is 6.07 Å². The topological polar surface area (TPSA) is 24.9 Å². The summed E-state index contributed by atoms with van der Waals surface area (Å²) in [7, 11) is 0. The lowest BCUT2D eigenvalue weighted by atomic mass is 10.0. The van der Waals surface area contributed by atoms with Gasteiger partial charge in [0.1, 0.15) is 0 Å². The Morgan fingerprint density at radius 3 is 2.50 bits per heavy atom. The molecular formula is C14H12BrF3N2. The summed E-state index contributed by atoms with van der Waals surface area (Å²) >= 11 is 3.26. The molecular weight excluding hydrogens is 333 g/mol. The van der Waals surface area contributed by atoms with Crippen LogP contribution in [0, 0.1) is 17.5 Å². The van der Waals surface area contributed by atoms with Crippen molar-refractivity contribution in [2.75, 3.05) is 6.54 Å². The molecule has 0 spiro atoms. The van der Waals surface area contributed by atoms with Crippen molar-refractivity contribution in [1.82, 2.24) is 10.3 Å². The van der Waals surface area contributed by atoms with Gasteiger partial charge in [0, 0.05) is 16.2 Å². The van der Waals surface area contributed by atoms with Crippen LogP contribution in [0.3, 0.4) is 0 Å². The van der Waals surface area contributed by atoms with Crippen LogP contribution in [0.2, 0.25) is 0 Å². The number of hydrogen-bond donors (Lipinski definition) is 1. The highest BCUT2D eigenvalue weighted by Crippen LogP contribution is 2.26. The second kappa shape index (κ2) is 6.37. The van der Waals surface area contributed by atoms with Gasteiger partial charge >= 0.3 is 0 Å². The molecule has 0 fully saturated rings. The summed E-state index contributed by atoms with van der Waals surface area (Å²) in [6.07, 6.45) is 1.57. The molecule has 6 heteroatoms. The highest BCUT2D eigenvalue weighted by Gasteiger charge is 2.22. The van der Waals surface area contributed by atoms with Gasteiger partial charge in [-0.1, -0.05) is 13.0 Å². The van der Waals surface area contributed by atoms with Crippen LogP contribution in [-0.4, -0.2) is 11.5 Å². The molecule has 1 aromatic carbocycles. The van der Waals surface area contributed by atoms with Crippen molar-refractivity contribution in [1.29, 1.82) is 0 Å². The Hall–Kier alpha value is -1.40. The molecule has 2 aromatic rings. The summed E-state index contributed by atoms with van der Waals surface area (Å²) < 4.78 is 41.1. The lowest BCUT2D eigenvalue weighted by Crippen LogP contribution is -2.24. The minimum absolute atomic E-state index is 0.0283. The molecule has 1 aromatic heterocycles. The van der Waals surface area contributed by atoms with Gasteiger partial charge in [-0.25, -0.2) is 13.2 Å². The molecule has 106 valence electrons. The SMILES string of the molecule is CCNC(c1ccc(Br)cn1)c1ccc(F)c(F)c1F. The van der Waals surface area contributed by atoms with Gasteiger partial charge in [-0.15, -0.1) is 0 Å². The van der Waals surface area contributed by atoms with Crippen LogP contribution in [0.25, 0.3) is 0 Å². The van der Waals surface area contributed by atoms with Crippen molar-refractivity contribution in [3.8, 4) is 0 Å². The van der Waals surface area contributed by atoms with Crippen molar-refractivity contribution in [3.05, 3.63) is 63.6 Å². The third kappa shape index (κ3) is 3.02. The van der Waals surface area contributed by atoms with E-state index in [9.17, 15) is 13.2 Å². The summed E-state index contributed by atoms with van der Waals surface area (Å²) in [6.45, 7) is 2.37. The molecule has 2 nitrogen and oxygen atoms in total. The van der Waals surface area contributed by atoms with E-state index in [0.717, 1.165) is 10.5 Å². The van der Waals surface area contributed by atoms with Crippen molar-refractivity contribution in [3.63, 3.8) is 0 Å². The maximum atomic E-state index is 13.9. The maximum absolute atomic E-state index is 13.9. The normalized spacial score (nSPS) is 12.4. The third-order valence-electron chi connectivity index (χ3n) is 2.83. The van der Waals surface area contributed by atoms with Gasteiger partial charge in [0.05, 0.1) is 11.7 Å². The van der Waals surface area contributed by atoms with E-state index in [4.69, 9.17) is 0 Å². The lowest BCUT2D eigenvalue weighted by Gasteiger charge is -2.19. The van der Waals surface area contributed by atoms with Crippen LogP contribution in [0.1, 0.15) is 24.2 Å². The van der Waals surface area contributed by atoms with E-state index in [1.54, 1.807) is 18.3 Å². The predicted octanol–water partition coefficient (Wildman–Crippen LogP) is 3.96. The van der Waals surface area contributed by atoms with Crippen LogP contribution in [0.4, 0.5) is 13.2 Å². The van der Waals surface area contributed by atoms with E-state index < -0.39 is 23.5 Å². The van der Waals surface area contributed by atoms with Crippen molar-refractivity contribution in [2.45, 2.75) is 13.0 Å². The molecule has 20 heavy (non-hydrogen) atoms. The number of hydrogen-bond acceptors (Lipinski definition) is 2. The first-order valence-corrected chi connectivity index (χ1v) is 6.82. The van der Waals surface area contributed by atoms with Crippen LogP contribution >= 0.6 is 15.9 Å². The van der Waals surface area contributed by atoms with Crippen molar-refractivity contribution >= 4 is 15.9 Å². The number of rotatable bonds is 4. The van der Waals surface area contributed by atoms with Gasteiger partial charge in [-0.2, -0.15) is 0 Å². The third-order valence-corrected chi connectivity index (χ3v) is 3.30. The summed E-state index contributed by atoms with van der Waals surface area (Å²) in [5, 5.41) is 3.02. The molecule has 0 saturated heterocycles. The summed E-state index contributed by atoms with van der Waals surface area (Å²) in [6, 6.07) is 4.95. The zero-order valence-electron chi connectivity index (χ0n) is 10.6. The average Bonchev–Trinajstić information content (AvgIpc) is 2.44. The molecule has 0 amide bonds. The Morgan fingerprint density at radius 2 is 1.90 bits per heavy atom. The Balaban J connectivity index is 2.48. The molecule has 1 N–H and O–H groups in total. The number of nitrogens with one attached hydrogen (secondary N) is 1. The first kappa shape index (κ1) is 15.0. The van der Waals surface area contributed by atoms with E-state index >= 15 is 0 Å². The zero-order chi connectivity index (χ0) is 14.7. The first-order chi connectivity index (χ1) is 9.54. The number of nitrogens with zero attached hydrogens (tertiary/aromatic N) is 1. The van der Waals surface area contributed by atoms with Crippen LogP contribution in [0.15, 0.2) is 34.9 Å². The van der Waals surface area contributed by atoms with Crippen LogP contribution in [0.5, 0.6) is 0 Å². The lowest BCUT2D eigenvalue weighted by molar-refractivity contribution is 0.432. The van der Waals surface area contributed by atoms with Gasteiger partial charge in [0.2, 0.25) is 0 Å². The molecule has 0 bridgehead atoms. The van der Waals surface area contributed by atoms with Gasteiger partial charge in [0.25, 0.3) is 0 Å². The summed E-state index contributed by atoms with van der Waals surface area (Å²) in [5.41, 5.74) is 0.556. The molecule has 0 aliphatic carbocycles. The largest absolute Gasteiger partial charge is 0.305 e. The predicted molar refractivity (Wildman–Crippen MR) is 73.8 cm³/mol. The number of aromatic nitrogens is 1. The molecule has 1 atom stereocenters. The Labute approximate surface area is 123 Å².